The fourth-order valence-corrected chi connectivity index (χ4v) is 3.55. The zero-order chi connectivity index (χ0) is 18.1. The molecule has 5 rings (SSSR count). The molecule has 1 atom stereocenters. The molecule has 0 spiro atoms. The molecule has 0 radical (unpaired) electrons. The van der Waals surface area contributed by atoms with Crippen molar-refractivity contribution < 1.29 is 4.74 Å². The fraction of sp³-hybridized carbons (Fsp3) is 0.190. The lowest BCUT2D eigenvalue weighted by molar-refractivity contribution is 0.0513. The van der Waals surface area contributed by atoms with E-state index in [1.165, 1.54) is 11.1 Å². The van der Waals surface area contributed by atoms with E-state index in [4.69, 9.17) is 9.72 Å². The third-order valence-electron chi connectivity index (χ3n) is 4.90. The lowest BCUT2D eigenvalue weighted by Crippen LogP contribution is -2.23. The number of nitrogens with zero attached hydrogens (tertiary/aromatic N) is 4. The van der Waals surface area contributed by atoms with E-state index in [0.717, 1.165) is 35.8 Å². The van der Waals surface area contributed by atoms with Gasteiger partial charge in [-0.1, -0.05) is 24.3 Å². The highest BCUT2D eigenvalue weighted by Gasteiger charge is 2.20. The Morgan fingerprint density at radius 1 is 1.07 bits per heavy atom. The number of rotatable bonds is 4. The molecule has 6 nitrogen and oxygen atoms in total. The first-order valence-electron chi connectivity index (χ1n) is 9.07. The van der Waals surface area contributed by atoms with Gasteiger partial charge in [0.25, 0.3) is 0 Å². The summed E-state index contributed by atoms with van der Waals surface area (Å²) >= 11 is 0. The minimum atomic E-state index is 0.0260. The summed E-state index contributed by atoms with van der Waals surface area (Å²) in [5.41, 5.74) is 5.34. The molecule has 4 aromatic rings. The molecule has 6 heteroatoms. The molecule has 1 N–H and O–H groups in total. The number of nitrogens with one attached hydrogen (secondary N) is 1. The van der Waals surface area contributed by atoms with Crippen LogP contribution in [0.3, 0.4) is 0 Å². The normalized spacial score (nSPS) is 16.2. The minimum absolute atomic E-state index is 0.0260. The number of hydrogen-bond acceptors (Lipinski definition) is 5. The lowest BCUT2D eigenvalue weighted by atomic mass is 9.97. The zero-order valence-electron chi connectivity index (χ0n) is 14.7. The number of pyridine rings is 1. The molecule has 0 aliphatic carbocycles. The van der Waals surface area contributed by atoms with Crippen molar-refractivity contribution in [1.29, 1.82) is 0 Å². The summed E-state index contributed by atoms with van der Waals surface area (Å²) in [5.74, 6) is 0.892. The van der Waals surface area contributed by atoms with Crippen LogP contribution in [0.2, 0.25) is 0 Å². The van der Waals surface area contributed by atoms with Crippen molar-refractivity contribution in [3.63, 3.8) is 0 Å². The SMILES string of the molecule is c1ccc2c(c1)CCOC2CNc1cc(-c2ccncc2)nc2ccnn12. The van der Waals surface area contributed by atoms with E-state index in [-0.39, 0.29) is 6.10 Å². The molecule has 0 fully saturated rings. The number of benzene rings is 1. The van der Waals surface area contributed by atoms with Crippen LogP contribution in [0.4, 0.5) is 5.82 Å². The van der Waals surface area contributed by atoms with Gasteiger partial charge >= 0.3 is 0 Å². The summed E-state index contributed by atoms with van der Waals surface area (Å²) in [5, 5.41) is 7.91. The second kappa shape index (κ2) is 6.81. The molecular formula is C21H19N5O. The first kappa shape index (κ1) is 16.0. The fourth-order valence-electron chi connectivity index (χ4n) is 3.55. The van der Waals surface area contributed by atoms with Crippen LogP contribution in [-0.4, -0.2) is 32.7 Å². The first-order chi connectivity index (χ1) is 13.4. The molecule has 1 aromatic carbocycles. The lowest BCUT2D eigenvalue weighted by Gasteiger charge is -2.26. The molecule has 0 saturated carbocycles. The highest BCUT2D eigenvalue weighted by atomic mass is 16.5. The molecule has 0 saturated heterocycles. The minimum Gasteiger partial charge on any atom is -0.371 e. The molecule has 3 aromatic heterocycles. The second-order valence-electron chi connectivity index (χ2n) is 6.55. The summed E-state index contributed by atoms with van der Waals surface area (Å²) in [6, 6.07) is 16.3. The standard InChI is InChI=1S/C21H19N5O/c1-2-4-17-15(3-1)8-12-27-19(17)14-23-21-13-18(16-5-9-22-10-6-16)25-20-7-11-24-26(20)21/h1-7,9-11,13,19,23H,8,12,14H2. The molecule has 27 heavy (non-hydrogen) atoms. The largest absolute Gasteiger partial charge is 0.371 e. The first-order valence-corrected chi connectivity index (χ1v) is 9.07. The quantitative estimate of drug-likeness (QED) is 0.605. The van der Waals surface area contributed by atoms with Crippen molar-refractivity contribution in [2.45, 2.75) is 12.5 Å². The Morgan fingerprint density at radius 2 is 1.96 bits per heavy atom. The van der Waals surface area contributed by atoms with Crippen molar-refractivity contribution in [2.24, 2.45) is 0 Å². The van der Waals surface area contributed by atoms with Crippen molar-refractivity contribution in [1.82, 2.24) is 19.6 Å². The van der Waals surface area contributed by atoms with Gasteiger partial charge in [-0.25, -0.2) is 4.98 Å². The summed E-state index contributed by atoms with van der Waals surface area (Å²) in [4.78, 5) is 8.79. The summed E-state index contributed by atoms with van der Waals surface area (Å²) in [6.07, 6.45) is 6.31. The van der Waals surface area contributed by atoms with Crippen LogP contribution in [0.15, 0.2) is 67.1 Å². The van der Waals surface area contributed by atoms with Crippen LogP contribution >= 0.6 is 0 Å². The van der Waals surface area contributed by atoms with E-state index in [0.29, 0.717) is 6.54 Å². The second-order valence-corrected chi connectivity index (χ2v) is 6.55. The van der Waals surface area contributed by atoms with Crippen LogP contribution in [0, 0.1) is 0 Å². The highest BCUT2D eigenvalue weighted by molar-refractivity contribution is 5.66. The van der Waals surface area contributed by atoms with Gasteiger partial charge in [-0.3, -0.25) is 4.98 Å². The van der Waals surface area contributed by atoms with Crippen LogP contribution in [0.25, 0.3) is 16.9 Å². The van der Waals surface area contributed by atoms with E-state index < -0.39 is 0 Å². The van der Waals surface area contributed by atoms with Gasteiger partial charge in [0, 0.05) is 36.6 Å². The maximum Gasteiger partial charge on any atom is 0.157 e. The molecule has 1 unspecified atom stereocenters. The summed E-state index contributed by atoms with van der Waals surface area (Å²) in [6.45, 7) is 1.42. The van der Waals surface area contributed by atoms with Crippen LogP contribution in [0.5, 0.6) is 0 Å². The number of aromatic nitrogens is 4. The number of hydrogen-bond donors (Lipinski definition) is 1. The Labute approximate surface area is 156 Å². The zero-order valence-corrected chi connectivity index (χ0v) is 14.7. The number of anilines is 1. The maximum absolute atomic E-state index is 6.02. The molecular weight excluding hydrogens is 338 g/mol. The van der Waals surface area contributed by atoms with E-state index in [9.17, 15) is 0 Å². The van der Waals surface area contributed by atoms with Crippen molar-refractivity contribution in [3.8, 4) is 11.3 Å². The highest BCUT2D eigenvalue weighted by Crippen LogP contribution is 2.28. The van der Waals surface area contributed by atoms with Crippen LogP contribution in [0.1, 0.15) is 17.2 Å². The Balaban J connectivity index is 1.46. The summed E-state index contributed by atoms with van der Waals surface area (Å²) < 4.78 is 7.84. The average Bonchev–Trinajstić information content (AvgIpc) is 3.21. The van der Waals surface area contributed by atoms with Gasteiger partial charge in [0.2, 0.25) is 0 Å². The number of fused-ring (bicyclic) bond motifs is 2. The van der Waals surface area contributed by atoms with Crippen molar-refractivity contribution in [2.75, 3.05) is 18.5 Å². The Hall–Kier alpha value is -3.25. The van der Waals surface area contributed by atoms with Gasteiger partial charge in [-0.05, 0) is 29.7 Å². The van der Waals surface area contributed by atoms with Gasteiger partial charge < -0.3 is 10.1 Å². The average molecular weight is 357 g/mol. The van der Waals surface area contributed by atoms with Gasteiger partial charge in [0.15, 0.2) is 5.65 Å². The van der Waals surface area contributed by atoms with Crippen LogP contribution in [-0.2, 0) is 11.2 Å². The molecule has 1 aliphatic rings. The molecule has 0 amide bonds. The topological polar surface area (TPSA) is 64.3 Å². The molecule has 0 bridgehead atoms. The smallest absolute Gasteiger partial charge is 0.157 e. The Morgan fingerprint density at radius 3 is 2.89 bits per heavy atom. The van der Waals surface area contributed by atoms with Crippen molar-refractivity contribution >= 4 is 11.5 Å². The molecule has 1 aliphatic heterocycles. The van der Waals surface area contributed by atoms with E-state index >= 15 is 0 Å². The van der Waals surface area contributed by atoms with E-state index in [1.54, 1.807) is 18.6 Å². The van der Waals surface area contributed by atoms with Crippen LogP contribution < -0.4 is 5.32 Å². The van der Waals surface area contributed by atoms with Gasteiger partial charge in [0.05, 0.1) is 24.6 Å². The van der Waals surface area contributed by atoms with E-state index in [1.807, 2.05) is 28.8 Å². The van der Waals surface area contributed by atoms with Crippen molar-refractivity contribution in [3.05, 3.63) is 78.2 Å². The molecule has 134 valence electrons. The van der Waals surface area contributed by atoms with Gasteiger partial charge in [-0.2, -0.15) is 9.61 Å². The molecule has 4 heterocycles. The Bertz CT molecular complexity index is 1080. The predicted octanol–water partition coefficient (Wildman–Crippen LogP) is 3.52. The van der Waals surface area contributed by atoms with Gasteiger partial charge in [-0.15, -0.1) is 0 Å². The number of ether oxygens (including phenoxy) is 1. The Kier molecular flexibility index (Phi) is 4.03. The monoisotopic (exact) mass is 357 g/mol. The third kappa shape index (κ3) is 3.04. The van der Waals surface area contributed by atoms with E-state index in [2.05, 4.69) is 39.7 Å². The summed E-state index contributed by atoms with van der Waals surface area (Å²) in [7, 11) is 0. The third-order valence-corrected chi connectivity index (χ3v) is 4.90. The predicted molar refractivity (Wildman–Crippen MR) is 104 cm³/mol. The van der Waals surface area contributed by atoms with Gasteiger partial charge in [0.1, 0.15) is 5.82 Å². The maximum atomic E-state index is 6.02.